The Bertz CT molecular complexity index is 838. The SMILES string of the molecule is CC(=O)Nc1ccc(OCC(=O)NCC(O)CN2CCc3ccccc3C2)cc1. The summed E-state index contributed by atoms with van der Waals surface area (Å²) in [6.07, 6.45) is 0.338. The van der Waals surface area contributed by atoms with Crippen LogP contribution in [0.3, 0.4) is 0 Å². The van der Waals surface area contributed by atoms with Crippen LogP contribution in [0.4, 0.5) is 5.69 Å². The number of aliphatic hydroxyl groups is 1. The van der Waals surface area contributed by atoms with E-state index in [0.29, 0.717) is 18.0 Å². The lowest BCUT2D eigenvalue weighted by Crippen LogP contribution is -2.42. The van der Waals surface area contributed by atoms with Gasteiger partial charge < -0.3 is 20.5 Å². The maximum atomic E-state index is 12.0. The molecule has 1 aliphatic heterocycles. The maximum Gasteiger partial charge on any atom is 0.258 e. The molecule has 3 N–H and O–H groups in total. The van der Waals surface area contributed by atoms with Crippen LogP contribution in [0.5, 0.6) is 5.75 Å². The summed E-state index contributed by atoms with van der Waals surface area (Å²) in [5, 5.41) is 15.6. The molecule has 2 aromatic carbocycles. The summed E-state index contributed by atoms with van der Waals surface area (Å²) in [6, 6.07) is 15.1. The van der Waals surface area contributed by atoms with E-state index in [0.717, 1.165) is 19.5 Å². The number of fused-ring (bicyclic) bond motifs is 1. The Morgan fingerprint density at radius 1 is 1.14 bits per heavy atom. The van der Waals surface area contributed by atoms with E-state index >= 15 is 0 Å². The predicted molar refractivity (Wildman–Crippen MR) is 111 cm³/mol. The molecule has 3 rings (SSSR count). The van der Waals surface area contributed by atoms with E-state index in [4.69, 9.17) is 4.74 Å². The van der Waals surface area contributed by atoms with Crippen molar-refractivity contribution in [2.75, 3.05) is 31.6 Å². The third-order valence-electron chi connectivity index (χ3n) is 4.76. The minimum atomic E-state index is -0.638. The molecule has 0 spiro atoms. The smallest absolute Gasteiger partial charge is 0.258 e. The van der Waals surface area contributed by atoms with Crippen LogP contribution in [0.15, 0.2) is 48.5 Å². The van der Waals surface area contributed by atoms with Gasteiger partial charge in [0.25, 0.3) is 5.91 Å². The predicted octanol–water partition coefficient (Wildman–Crippen LogP) is 1.56. The molecule has 2 amide bonds. The lowest BCUT2D eigenvalue weighted by atomic mass is 10.00. The van der Waals surface area contributed by atoms with Crippen molar-refractivity contribution in [3.63, 3.8) is 0 Å². The second-order valence-corrected chi connectivity index (χ2v) is 7.21. The highest BCUT2D eigenvalue weighted by Crippen LogP contribution is 2.18. The Kier molecular flexibility index (Phi) is 7.21. The average Bonchev–Trinajstić information content (AvgIpc) is 2.71. The third-order valence-corrected chi connectivity index (χ3v) is 4.76. The molecule has 0 aromatic heterocycles. The van der Waals surface area contributed by atoms with Gasteiger partial charge in [-0.25, -0.2) is 0 Å². The highest BCUT2D eigenvalue weighted by Gasteiger charge is 2.18. The quantitative estimate of drug-likeness (QED) is 0.629. The maximum absolute atomic E-state index is 12.0. The first-order valence-electron chi connectivity index (χ1n) is 9.74. The molecule has 0 bridgehead atoms. The van der Waals surface area contributed by atoms with Gasteiger partial charge in [0.2, 0.25) is 5.91 Å². The second-order valence-electron chi connectivity index (χ2n) is 7.21. The van der Waals surface area contributed by atoms with Crippen LogP contribution in [0.1, 0.15) is 18.1 Å². The number of ether oxygens (including phenoxy) is 1. The van der Waals surface area contributed by atoms with Crippen LogP contribution < -0.4 is 15.4 Å². The van der Waals surface area contributed by atoms with Crippen molar-refractivity contribution in [1.82, 2.24) is 10.2 Å². The van der Waals surface area contributed by atoms with Gasteiger partial charge in [-0.05, 0) is 41.8 Å². The number of rotatable bonds is 8. The molecule has 0 radical (unpaired) electrons. The van der Waals surface area contributed by atoms with E-state index in [-0.39, 0.29) is 25.0 Å². The Hall–Kier alpha value is -2.90. The van der Waals surface area contributed by atoms with Crippen LogP contribution in [0, 0.1) is 0 Å². The molecule has 0 fully saturated rings. The van der Waals surface area contributed by atoms with Crippen molar-refractivity contribution in [3.05, 3.63) is 59.7 Å². The number of β-amino-alcohol motifs (C(OH)–C–C–N with tert-alkyl or cyclic N) is 1. The van der Waals surface area contributed by atoms with Crippen LogP contribution in [-0.4, -0.2) is 54.2 Å². The lowest BCUT2D eigenvalue weighted by Gasteiger charge is -2.30. The summed E-state index contributed by atoms with van der Waals surface area (Å²) in [5.74, 6) is 0.0890. The van der Waals surface area contributed by atoms with Gasteiger partial charge in [0.05, 0.1) is 6.10 Å². The Morgan fingerprint density at radius 2 is 1.86 bits per heavy atom. The zero-order valence-corrected chi connectivity index (χ0v) is 16.6. The van der Waals surface area contributed by atoms with Gasteiger partial charge in [-0.15, -0.1) is 0 Å². The molecule has 1 aliphatic rings. The standard InChI is InChI=1S/C22H27N3O4/c1-16(26)24-19-6-8-21(9-7-19)29-15-22(28)23-12-20(27)14-25-11-10-17-4-2-3-5-18(17)13-25/h2-9,20,27H,10-15H2,1H3,(H,23,28)(H,24,26). The van der Waals surface area contributed by atoms with Crippen molar-refractivity contribution < 1.29 is 19.4 Å². The van der Waals surface area contributed by atoms with Crippen LogP contribution in [0.25, 0.3) is 0 Å². The summed E-state index contributed by atoms with van der Waals surface area (Å²) < 4.78 is 5.43. The molecule has 0 saturated carbocycles. The molecule has 2 aromatic rings. The van der Waals surface area contributed by atoms with E-state index < -0.39 is 6.10 Å². The number of hydrogen-bond acceptors (Lipinski definition) is 5. The fourth-order valence-electron chi connectivity index (χ4n) is 3.34. The number of nitrogens with one attached hydrogen (secondary N) is 2. The Morgan fingerprint density at radius 3 is 2.59 bits per heavy atom. The third kappa shape index (κ3) is 6.58. The molecule has 1 heterocycles. The number of hydrogen-bond donors (Lipinski definition) is 3. The van der Waals surface area contributed by atoms with E-state index in [9.17, 15) is 14.7 Å². The van der Waals surface area contributed by atoms with Crippen molar-refractivity contribution in [2.45, 2.75) is 26.0 Å². The van der Waals surface area contributed by atoms with E-state index in [1.807, 2.05) is 6.07 Å². The minimum Gasteiger partial charge on any atom is -0.484 e. The number of anilines is 1. The molecule has 7 nitrogen and oxygen atoms in total. The molecule has 0 saturated heterocycles. The summed E-state index contributed by atoms with van der Waals surface area (Å²) in [5.41, 5.74) is 3.33. The molecule has 154 valence electrons. The normalized spacial score (nSPS) is 14.6. The number of benzene rings is 2. The molecule has 1 unspecified atom stereocenters. The van der Waals surface area contributed by atoms with Gasteiger partial charge in [-0.2, -0.15) is 0 Å². The minimum absolute atomic E-state index is 0.136. The van der Waals surface area contributed by atoms with Crippen LogP contribution >= 0.6 is 0 Å². The number of nitrogens with zero attached hydrogens (tertiary/aromatic N) is 1. The highest BCUT2D eigenvalue weighted by atomic mass is 16.5. The fraction of sp³-hybridized carbons (Fsp3) is 0.364. The first-order valence-corrected chi connectivity index (χ1v) is 9.74. The van der Waals surface area contributed by atoms with E-state index in [1.165, 1.54) is 18.1 Å². The molecule has 0 aliphatic carbocycles. The topological polar surface area (TPSA) is 90.9 Å². The number of amides is 2. The summed E-state index contributed by atoms with van der Waals surface area (Å²) in [6.45, 7) is 3.72. The van der Waals surface area contributed by atoms with Gasteiger partial charge in [-0.3, -0.25) is 14.5 Å². The van der Waals surface area contributed by atoms with Crippen LogP contribution in [0.2, 0.25) is 0 Å². The second kappa shape index (κ2) is 10.0. The average molecular weight is 397 g/mol. The largest absolute Gasteiger partial charge is 0.484 e. The van der Waals surface area contributed by atoms with Crippen LogP contribution in [-0.2, 0) is 22.6 Å². The van der Waals surface area contributed by atoms with Gasteiger partial charge >= 0.3 is 0 Å². The van der Waals surface area contributed by atoms with Crippen molar-refractivity contribution in [1.29, 1.82) is 0 Å². The number of carbonyl (C=O) groups excluding carboxylic acids is 2. The Balaban J connectivity index is 1.35. The lowest BCUT2D eigenvalue weighted by molar-refractivity contribution is -0.123. The van der Waals surface area contributed by atoms with E-state index in [1.54, 1.807) is 24.3 Å². The van der Waals surface area contributed by atoms with Crippen molar-refractivity contribution in [2.24, 2.45) is 0 Å². The summed E-state index contributed by atoms with van der Waals surface area (Å²) in [4.78, 5) is 25.2. The zero-order valence-electron chi connectivity index (χ0n) is 16.6. The van der Waals surface area contributed by atoms with Crippen molar-refractivity contribution in [3.8, 4) is 5.75 Å². The van der Waals surface area contributed by atoms with Crippen molar-refractivity contribution >= 4 is 17.5 Å². The van der Waals surface area contributed by atoms with E-state index in [2.05, 4.69) is 33.7 Å². The fourth-order valence-corrected chi connectivity index (χ4v) is 3.34. The molecule has 7 heteroatoms. The van der Waals surface area contributed by atoms with Gasteiger partial charge in [0.1, 0.15) is 5.75 Å². The van der Waals surface area contributed by atoms with Gasteiger partial charge in [0, 0.05) is 38.8 Å². The first-order chi connectivity index (χ1) is 14.0. The monoisotopic (exact) mass is 397 g/mol. The summed E-state index contributed by atoms with van der Waals surface area (Å²) in [7, 11) is 0. The van der Waals surface area contributed by atoms with Gasteiger partial charge in [-0.1, -0.05) is 24.3 Å². The first kappa shape index (κ1) is 20.8. The number of carbonyl (C=O) groups is 2. The molecule has 1 atom stereocenters. The molecular weight excluding hydrogens is 370 g/mol. The van der Waals surface area contributed by atoms with Gasteiger partial charge in [0.15, 0.2) is 6.61 Å². The summed E-state index contributed by atoms with van der Waals surface area (Å²) >= 11 is 0. The Labute approximate surface area is 170 Å². The number of aliphatic hydroxyl groups excluding tert-OH is 1. The molecule has 29 heavy (non-hydrogen) atoms. The zero-order chi connectivity index (χ0) is 20.6. The highest BCUT2D eigenvalue weighted by molar-refractivity contribution is 5.88. The molecular formula is C22H27N3O4.